The first-order chi connectivity index (χ1) is 14.0. The van der Waals surface area contributed by atoms with Crippen LogP contribution >= 0.6 is 38.9 Å². The van der Waals surface area contributed by atoms with Crippen LogP contribution in [-0.4, -0.2) is 15.3 Å². The molecular formula is C22H16BrClN2O2S. The number of aryl methyl sites for hydroxylation is 1. The van der Waals surface area contributed by atoms with Crippen LogP contribution in [0.15, 0.2) is 64.1 Å². The monoisotopic (exact) mass is 486 g/mol. The fraction of sp³-hybridized carbons (Fsp3) is 0.136. The smallest absolute Gasteiger partial charge is 0.263 e. The van der Waals surface area contributed by atoms with E-state index in [0.29, 0.717) is 20.8 Å². The van der Waals surface area contributed by atoms with E-state index in [4.69, 9.17) is 11.6 Å². The van der Waals surface area contributed by atoms with E-state index >= 15 is 0 Å². The van der Waals surface area contributed by atoms with Crippen molar-refractivity contribution in [2.24, 2.45) is 0 Å². The SMILES string of the molecule is CCc1sc2ncn(CC(=O)c3ccc(Cl)cc3)c(=O)c2c1-c1ccc(Br)cc1. The van der Waals surface area contributed by atoms with E-state index in [-0.39, 0.29) is 17.9 Å². The summed E-state index contributed by atoms with van der Waals surface area (Å²) < 4.78 is 2.36. The van der Waals surface area contributed by atoms with Crippen LogP contribution in [0.3, 0.4) is 0 Å². The van der Waals surface area contributed by atoms with Crippen molar-refractivity contribution in [3.63, 3.8) is 0 Å². The van der Waals surface area contributed by atoms with Crippen LogP contribution in [0.2, 0.25) is 5.02 Å². The van der Waals surface area contributed by atoms with Crippen molar-refractivity contribution in [3.05, 3.63) is 85.1 Å². The average Bonchev–Trinajstić information content (AvgIpc) is 3.10. The summed E-state index contributed by atoms with van der Waals surface area (Å²) in [5, 5.41) is 1.13. The zero-order chi connectivity index (χ0) is 20.5. The summed E-state index contributed by atoms with van der Waals surface area (Å²) in [6.45, 7) is 2.00. The lowest BCUT2D eigenvalue weighted by Crippen LogP contribution is -2.24. The molecule has 4 nitrogen and oxygen atoms in total. The molecule has 0 unspecified atom stereocenters. The summed E-state index contributed by atoms with van der Waals surface area (Å²) in [5.74, 6) is -0.166. The molecule has 0 amide bonds. The van der Waals surface area contributed by atoms with Crippen molar-refractivity contribution in [2.45, 2.75) is 19.9 Å². The topological polar surface area (TPSA) is 52.0 Å². The highest BCUT2D eigenvalue weighted by molar-refractivity contribution is 9.10. The quantitative estimate of drug-likeness (QED) is 0.325. The molecule has 0 spiro atoms. The highest BCUT2D eigenvalue weighted by atomic mass is 79.9. The lowest BCUT2D eigenvalue weighted by molar-refractivity contribution is 0.0970. The standard InChI is InChI=1S/C22H16BrClN2O2S/c1-2-18-19(14-3-7-15(23)8-4-14)20-21(29-18)25-12-26(22(20)28)11-17(27)13-5-9-16(24)10-6-13/h3-10,12H,2,11H2,1H3. The van der Waals surface area contributed by atoms with Gasteiger partial charge in [0, 0.05) is 25.5 Å². The minimum Gasteiger partial charge on any atom is -0.292 e. The van der Waals surface area contributed by atoms with Gasteiger partial charge in [0.05, 0.1) is 18.3 Å². The van der Waals surface area contributed by atoms with Crippen LogP contribution in [0.4, 0.5) is 0 Å². The molecule has 4 rings (SSSR count). The first kappa shape index (κ1) is 20.0. The van der Waals surface area contributed by atoms with E-state index < -0.39 is 0 Å². The first-order valence-corrected chi connectivity index (χ1v) is 11.0. The Labute approximate surface area is 184 Å². The summed E-state index contributed by atoms with van der Waals surface area (Å²) in [4.78, 5) is 32.2. The van der Waals surface area contributed by atoms with E-state index in [0.717, 1.165) is 26.9 Å². The molecule has 0 bridgehead atoms. The van der Waals surface area contributed by atoms with Gasteiger partial charge in [-0.2, -0.15) is 0 Å². The van der Waals surface area contributed by atoms with Gasteiger partial charge in [0.15, 0.2) is 5.78 Å². The molecule has 4 aromatic rings. The summed E-state index contributed by atoms with van der Waals surface area (Å²) in [6.07, 6.45) is 2.26. The number of benzene rings is 2. The Morgan fingerprint density at radius 3 is 2.48 bits per heavy atom. The highest BCUT2D eigenvalue weighted by Crippen LogP contribution is 2.36. The number of halogens is 2. The first-order valence-electron chi connectivity index (χ1n) is 9.03. The molecule has 0 aliphatic heterocycles. The molecule has 0 N–H and O–H groups in total. The predicted octanol–water partition coefficient (Wildman–Crippen LogP) is 5.99. The van der Waals surface area contributed by atoms with Crippen LogP contribution in [0.1, 0.15) is 22.2 Å². The number of Topliss-reactive ketones (excluding diaryl/α,β-unsaturated/α-hetero) is 1. The number of rotatable bonds is 5. The summed E-state index contributed by atoms with van der Waals surface area (Å²) in [6, 6.07) is 14.5. The predicted molar refractivity (Wildman–Crippen MR) is 122 cm³/mol. The molecule has 0 fully saturated rings. The summed E-state index contributed by atoms with van der Waals surface area (Å²) in [7, 11) is 0. The number of carbonyl (C=O) groups excluding carboxylic acids is 1. The number of fused-ring (bicyclic) bond motifs is 1. The van der Waals surface area contributed by atoms with Gasteiger partial charge in [0.1, 0.15) is 4.83 Å². The van der Waals surface area contributed by atoms with Crippen molar-refractivity contribution < 1.29 is 4.79 Å². The van der Waals surface area contributed by atoms with Crippen molar-refractivity contribution in [2.75, 3.05) is 0 Å². The Morgan fingerprint density at radius 2 is 1.83 bits per heavy atom. The molecule has 2 aromatic heterocycles. The molecule has 7 heteroatoms. The molecule has 0 radical (unpaired) electrons. The van der Waals surface area contributed by atoms with Crippen LogP contribution in [0.25, 0.3) is 21.3 Å². The maximum Gasteiger partial charge on any atom is 0.263 e. The van der Waals surface area contributed by atoms with Gasteiger partial charge in [-0.05, 0) is 48.4 Å². The third-order valence-corrected chi connectivity index (χ3v) is 6.71. The highest BCUT2D eigenvalue weighted by Gasteiger charge is 2.19. The number of nitrogens with zero attached hydrogens (tertiary/aromatic N) is 2. The van der Waals surface area contributed by atoms with E-state index in [2.05, 4.69) is 27.8 Å². The molecule has 0 aliphatic carbocycles. The van der Waals surface area contributed by atoms with Gasteiger partial charge >= 0.3 is 0 Å². The van der Waals surface area contributed by atoms with E-state index in [1.807, 2.05) is 24.3 Å². The number of aromatic nitrogens is 2. The van der Waals surface area contributed by atoms with Gasteiger partial charge in [0.2, 0.25) is 0 Å². The molecule has 2 aromatic carbocycles. The second kappa shape index (κ2) is 8.22. The minimum absolute atomic E-state index is 0.0690. The molecule has 2 heterocycles. The molecule has 0 saturated heterocycles. The second-order valence-electron chi connectivity index (χ2n) is 6.55. The minimum atomic E-state index is -0.203. The molecule has 0 saturated carbocycles. The lowest BCUT2D eigenvalue weighted by atomic mass is 10.0. The molecule has 0 atom stereocenters. The maximum absolute atomic E-state index is 13.3. The maximum atomic E-state index is 13.3. The van der Waals surface area contributed by atoms with Crippen molar-refractivity contribution in [1.82, 2.24) is 9.55 Å². The van der Waals surface area contributed by atoms with E-state index in [1.165, 1.54) is 22.2 Å². The molecule has 29 heavy (non-hydrogen) atoms. The van der Waals surface area contributed by atoms with Crippen LogP contribution in [0.5, 0.6) is 0 Å². The Morgan fingerprint density at radius 1 is 1.14 bits per heavy atom. The molecule has 146 valence electrons. The zero-order valence-electron chi connectivity index (χ0n) is 15.5. The van der Waals surface area contributed by atoms with Gasteiger partial charge in [0.25, 0.3) is 5.56 Å². The van der Waals surface area contributed by atoms with Crippen molar-refractivity contribution >= 4 is 54.9 Å². The number of hydrogen-bond acceptors (Lipinski definition) is 4. The van der Waals surface area contributed by atoms with Gasteiger partial charge in [-0.25, -0.2) is 4.98 Å². The number of thiophene rings is 1. The normalized spacial score (nSPS) is 11.1. The Hall–Kier alpha value is -2.28. The summed E-state index contributed by atoms with van der Waals surface area (Å²) in [5.41, 5.74) is 2.18. The largest absolute Gasteiger partial charge is 0.292 e. The van der Waals surface area contributed by atoms with Gasteiger partial charge in [-0.15, -0.1) is 11.3 Å². The zero-order valence-corrected chi connectivity index (χ0v) is 18.6. The second-order valence-corrected chi connectivity index (χ2v) is 8.98. The fourth-order valence-electron chi connectivity index (χ4n) is 3.24. The van der Waals surface area contributed by atoms with Crippen molar-refractivity contribution in [1.29, 1.82) is 0 Å². The van der Waals surface area contributed by atoms with Gasteiger partial charge in [-0.1, -0.05) is 46.6 Å². The third kappa shape index (κ3) is 3.92. The number of ketones is 1. The Balaban J connectivity index is 1.81. The van der Waals surface area contributed by atoms with E-state index in [1.54, 1.807) is 24.3 Å². The number of hydrogen-bond donors (Lipinski definition) is 0. The number of carbonyl (C=O) groups is 1. The average molecular weight is 488 g/mol. The van der Waals surface area contributed by atoms with Gasteiger partial charge < -0.3 is 0 Å². The molecular weight excluding hydrogens is 472 g/mol. The van der Waals surface area contributed by atoms with Crippen LogP contribution < -0.4 is 5.56 Å². The fourth-order valence-corrected chi connectivity index (χ4v) is 4.72. The van der Waals surface area contributed by atoms with Gasteiger partial charge in [-0.3, -0.25) is 14.2 Å². The Kier molecular flexibility index (Phi) is 5.67. The third-order valence-electron chi connectivity index (χ3n) is 4.69. The summed E-state index contributed by atoms with van der Waals surface area (Å²) >= 11 is 10.9. The van der Waals surface area contributed by atoms with Crippen LogP contribution in [0, 0.1) is 0 Å². The van der Waals surface area contributed by atoms with E-state index in [9.17, 15) is 9.59 Å². The van der Waals surface area contributed by atoms with Crippen molar-refractivity contribution in [3.8, 4) is 11.1 Å². The lowest BCUT2D eigenvalue weighted by Gasteiger charge is -2.07. The molecule has 0 aliphatic rings. The Bertz CT molecular complexity index is 1260. The van der Waals surface area contributed by atoms with Crippen LogP contribution in [-0.2, 0) is 13.0 Å².